The van der Waals surface area contributed by atoms with Crippen molar-refractivity contribution in [3.8, 4) is 5.75 Å². The highest BCUT2D eigenvalue weighted by molar-refractivity contribution is 5.78. The van der Waals surface area contributed by atoms with Crippen LogP contribution in [-0.2, 0) is 6.54 Å². The highest BCUT2D eigenvalue weighted by Crippen LogP contribution is 2.19. The van der Waals surface area contributed by atoms with E-state index in [0.29, 0.717) is 6.61 Å². The van der Waals surface area contributed by atoms with Gasteiger partial charge in [0.25, 0.3) is 0 Å². The van der Waals surface area contributed by atoms with E-state index in [1.807, 2.05) is 29.1 Å². The number of rotatable bonds is 4. The molecule has 0 bridgehead atoms. The summed E-state index contributed by atoms with van der Waals surface area (Å²) in [7, 11) is 0. The van der Waals surface area contributed by atoms with Crippen molar-refractivity contribution in [1.82, 2.24) is 9.78 Å². The molecule has 3 heteroatoms. The Morgan fingerprint density at radius 1 is 1.10 bits per heavy atom. The van der Waals surface area contributed by atoms with E-state index < -0.39 is 0 Å². The monoisotopic (exact) mass is 266 g/mol. The second-order valence-electron chi connectivity index (χ2n) is 5.04. The quantitative estimate of drug-likeness (QED) is 0.719. The van der Waals surface area contributed by atoms with Crippen molar-refractivity contribution in [2.75, 3.05) is 6.61 Å². The van der Waals surface area contributed by atoms with Gasteiger partial charge in [-0.05, 0) is 31.5 Å². The number of benzene rings is 2. The number of para-hydroxylation sites is 1. The number of ether oxygens (including phenoxy) is 1. The molecule has 0 saturated carbocycles. The van der Waals surface area contributed by atoms with Crippen LogP contribution in [-0.4, -0.2) is 16.4 Å². The zero-order valence-electron chi connectivity index (χ0n) is 11.8. The molecule has 102 valence electrons. The van der Waals surface area contributed by atoms with Crippen LogP contribution in [0.3, 0.4) is 0 Å². The molecule has 0 unspecified atom stereocenters. The lowest BCUT2D eigenvalue weighted by atomic mass is 10.1. The van der Waals surface area contributed by atoms with Gasteiger partial charge in [-0.2, -0.15) is 5.10 Å². The Balaban J connectivity index is 1.68. The minimum absolute atomic E-state index is 0.621. The second kappa shape index (κ2) is 5.37. The molecule has 3 rings (SSSR count). The Morgan fingerprint density at radius 3 is 2.80 bits per heavy atom. The SMILES string of the molecule is Cc1ccc(OCCn2ncc3ccccc32)c(C)c1. The van der Waals surface area contributed by atoms with Gasteiger partial charge in [-0.25, -0.2) is 0 Å². The molecule has 0 N–H and O–H groups in total. The Kier molecular flexibility index (Phi) is 3.42. The van der Waals surface area contributed by atoms with Crippen LogP contribution in [0.15, 0.2) is 48.7 Å². The van der Waals surface area contributed by atoms with E-state index in [-0.39, 0.29) is 0 Å². The fourth-order valence-electron chi connectivity index (χ4n) is 2.41. The molecular weight excluding hydrogens is 248 g/mol. The summed E-state index contributed by atoms with van der Waals surface area (Å²) in [5.41, 5.74) is 3.58. The van der Waals surface area contributed by atoms with Crippen LogP contribution in [0.25, 0.3) is 10.9 Å². The molecule has 3 aromatic rings. The summed E-state index contributed by atoms with van der Waals surface area (Å²) >= 11 is 0. The van der Waals surface area contributed by atoms with Crippen molar-refractivity contribution < 1.29 is 4.74 Å². The number of hydrogen-bond acceptors (Lipinski definition) is 2. The Labute approximate surface area is 118 Å². The maximum Gasteiger partial charge on any atom is 0.122 e. The average Bonchev–Trinajstić information content (AvgIpc) is 2.85. The van der Waals surface area contributed by atoms with Crippen molar-refractivity contribution in [3.05, 3.63) is 59.8 Å². The molecule has 2 aromatic carbocycles. The minimum Gasteiger partial charge on any atom is -0.491 e. The minimum atomic E-state index is 0.621. The number of nitrogens with zero attached hydrogens (tertiary/aromatic N) is 2. The van der Waals surface area contributed by atoms with Crippen molar-refractivity contribution in [3.63, 3.8) is 0 Å². The van der Waals surface area contributed by atoms with Crippen LogP contribution >= 0.6 is 0 Å². The number of aromatic nitrogens is 2. The first-order valence-electron chi connectivity index (χ1n) is 6.84. The maximum absolute atomic E-state index is 5.85. The van der Waals surface area contributed by atoms with Crippen LogP contribution in [0.5, 0.6) is 5.75 Å². The van der Waals surface area contributed by atoms with E-state index >= 15 is 0 Å². The van der Waals surface area contributed by atoms with Gasteiger partial charge in [0.2, 0.25) is 0 Å². The first kappa shape index (κ1) is 12.7. The van der Waals surface area contributed by atoms with Crippen molar-refractivity contribution in [2.24, 2.45) is 0 Å². The van der Waals surface area contributed by atoms with Crippen LogP contribution in [0.4, 0.5) is 0 Å². The molecule has 0 amide bonds. The highest BCUT2D eigenvalue weighted by Gasteiger charge is 2.03. The summed E-state index contributed by atoms with van der Waals surface area (Å²) in [6.07, 6.45) is 1.90. The zero-order valence-corrected chi connectivity index (χ0v) is 11.8. The smallest absolute Gasteiger partial charge is 0.122 e. The Hall–Kier alpha value is -2.29. The van der Waals surface area contributed by atoms with Gasteiger partial charge in [-0.15, -0.1) is 0 Å². The normalized spacial score (nSPS) is 10.9. The highest BCUT2D eigenvalue weighted by atomic mass is 16.5. The average molecular weight is 266 g/mol. The van der Waals surface area contributed by atoms with Crippen LogP contribution in [0.1, 0.15) is 11.1 Å². The van der Waals surface area contributed by atoms with Gasteiger partial charge in [0.05, 0.1) is 18.3 Å². The predicted molar refractivity (Wildman–Crippen MR) is 81.1 cm³/mol. The van der Waals surface area contributed by atoms with E-state index in [0.717, 1.165) is 17.8 Å². The van der Waals surface area contributed by atoms with Crippen molar-refractivity contribution >= 4 is 10.9 Å². The molecule has 0 aliphatic rings. The third-order valence-electron chi connectivity index (χ3n) is 3.44. The van der Waals surface area contributed by atoms with Gasteiger partial charge in [-0.3, -0.25) is 4.68 Å². The maximum atomic E-state index is 5.85. The number of aryl methyl sites for hydroxylation is 2. The molecule has 1 aromatic heterocycles. The largest absolute Gasteiger partial charge is 0.491 e. The molecule has 0 aliphatic heterocycles. The van der Waals surface area contributed by atoms with E-state index in [1.165, 1.54) is 16.5 Å². The third kappa shape index (κ3) is 2.52. The van der Waals surface area contributed by atoms with Gasteiger partial charge in [0, 0.05) is 5.39 Å². The predicted octanol–water partition coefficient (Wildman–Crippen LogP) is 3.73. The lowest BCUT2D eigenvalue weighted by molar-refractivity contribution is 0.292. The van der Waals surface area contributed by atoms with Crippen molar-refractivity contribution in [1.29, 1.82) is 0 Å². The zero-order chi connectivity index (χ0) is 13.9. The van der Waals surface area contributed by atoms with Crippen molar-refractivity contribution in [2.45, 2.75) is 20.4 Å². The van der Waals surface area contributed by atoms with E-state index in [2.05, 4.69) is 43.2 Å². The van der Waals surface area contributed by atoms with Crippen LogP contribution in [0, 0.1) is 13.8 Å². The van der Waals surface area contributed by atoms with Gasteiger partial charge >= 0.3 is 0 Å². The molecule has 3 nitrogen and oxygen atoms in total. The first-order chi connectivity index (χ1) is 9.74. The molecule has 0 saturated heterocycles. The molecule has 0 radical (unpaired) electrons. The summed E-state index contributed by atoms with van der Waals surface area (Å²) in [6.45, 7) is 5.54. The van der Waals surface area contributed by atoms with Gasteiger partial charge in [-0.1, -0.05) is 35.9 Å². The topological polar surface area (TPSA) is 27.1 Å². The lowest BCUT2D eigenvalue weighted by Gasteiger charge is -2.10. The number of hydrogen-bond donors (Lipinski definition) is 0. The number of fused-ring (bicyclic) bond motifs is 1. The first-order valence-corrected chi connectivity index (χ1v) is 6.84. The van der Waals surface area contributed by atoms with E-state index in [1.54, 1.807) is 0 Å². The fraction of sp³-hybridized carbons (Fsp3) is 0.235. The summed E-state index contributed by atoms with van der Waals surface area (Å²) in [6, 6.07) is 14.5. The lowest BCUT2D eigenvalue weighted by Crippen LogP contribution is -2.09. The Morgan fingerprint density at radius 2 is 1.95 bits per heavy atom. The molecule has 0 aliphatic carbocycles. The molecule has 1 heterocycles. The fourth-order valence-corrected chi connectivity index (χ4v) is 2.41. The molecular formula is C17H18N2O. The van der Waals surface area contributed by atoms with Gasteiger partial charge in [0.1, 0.15) is 12.4 Å². The second-order valence-corrected chi connectivity index (χ2v) is 5.04. The molecule has 0 fully saturated rings. The standard InChI is InChI=1S/C17H18N2O/c1-13-7-8-17(14(2)11-13)20-10-9-19-16-6-4-3-5-15(16)12-18-19/h3-8,11-12H,9-10H2,1-2H3. The third-order valence-corrected chi connectivity index (χ3v) is 3.44. The molecule has 20 heavy (non-hydrogen) atoms. The van der Waals surface area contributed by atoms with E-state index in [9.17, 15) is 0 Å². The molecule has 0 spiro atoms. The summed E-state index contributed by atoms with van der Waals surface area (Å²) < 4.78 is 7.84. The summed E-state index contributed by atoms with van der Waals surface area (Å²) in [4.78, 5) is 0. The van der Waals surface area contributed by atoms with Crippen LogP contribution in [0.2, 0.25) is 0 Å². The van der Waals surface area contributed by atoms with E-state index in [4.69, 9.17) is 4.74 Å². The van der Waals surface area contributed by atoms with Gasteiger partial charge in [0.15, 0.2) is 0 Å². The summed E-state index contributed by atoms with van der Waals surface area (Å²) in [5, 5.41) is 5.57. The molecule has 0 atom stereocenters. The van der Waals surface area contributed by atoms with Crippen LogP contribution < -0.4 is 4.74 Å². The van der Waals surface area contributed by atoms with Gasteiger partial charge < -0.3 is 4.74 Å². The summed E-state index contributed by atoms with van der Waals surface area (Å²) in [5.74, 6) is 0.951. The Bertz CT molecular complexity index is 731.